The minimum absolute atomic E-state index is 0.830. The first kappa shape index (κ1) is 13.8. The van der Waals surface area contributed by atoms with E-state index in [1.165, 1.54) is 16.7 Å². The number of nitrogens with zero attached hydrogens (tertiary/aromatic N) is 3. The summed E-state index contributed by atoms with van der Waals surface area (Å²) in [4.78, 5) is 9.13. The Morgan fingerprint density at radius 1 is 1.00 bits per heavy atom. The molecule has 1 aromatic carbocycles. The molecule has 0 aliphatic heterocycles. The number of aryl methyl sites for hydroxylation is 3. The van der Waals surface area contributed by atoms with Crippen molar-refractivity contribution in [3.8, 4) is 5.82 Å². The van der Waals surface area contributed by atoms with Crippen molar-refractivity contribution in [2.24, 2.45) is 0 Å². The van der Waals surface area contributed by atoms with E-state index < -0.39 is 0 Å². The van der Waals surface area contributed by atoms with Gasteiger partial charge in [-0.3, -0.25) is 4.57 Å². The van der Waals surface area contributed by atoms with Gasteiger partial charge in [0.15, 0.2) is 0 Å². The second-order valence-corrected chi connectivity index (χ2v) is 5.55. The molecule has 0 aliphatic rings. The molecule has 3 aromatic rings. The van der Waals surface area contributed by atoms with E-state index in [1.54, 1.807) is 0 Å². The van der Waals surface area contributed by atoms with Crippen LogP contribution in [0.25, 0.3) is 16.9 Å². The normalized spacial score (nSPS) is 11.2. The van der Waals surface area contributed by atoms with E-state index >= 15 is 0 Å². The van der Waals surface area contributed by atoms with Gasteiger partial charge in [0.2, 0.25) is 0 Å². The molecule has 3 rings (SSSR count). The zero-order valence-electron chi connectivity index (χ0n) is 12.9. The summed E-state index contributed by atoms with van der Waals surface area (Å²) in [6, 6.07) is 6.48. The molecule has 0 fully saturated rings. The first-order valence-electron chi connectivity index (χ1n) is 7.15. The molecule has 0 saturated heterocycles. The average Bonchev–Trinajstić information content (AvgIpc) is 2.83. The van der Waals surface area contributed by atoms with Crippen molar-refractivity contribution in [3.63, 3.8) is 0 Å². The summed E-state index contributed by atoms with van der Waals surface area (Å²) in [5.41, 5.74) is 7.00. The maximum Gasteiger partial charge on any atom is 0.141 e. The van der Waals surface area contributed by atoms with Crippen LogP contribution < -0.4 is 5.32 Å². The number of imidazole rings is 1. The summed E-state index contributed by atoms with van der Waals surface area (Å²) in [6.45, 7) is 7.16. The monoisotopic (exact) mass is 280 g/mol. The highest BCUT2D eigenvalue weighted by Gasteiger charge is 2.10. The number of pyridine rings is 1. The molecule has 0 aliphatic carbocycles. The molecule has 0 unspecified atom stereocenters. The largest absolute Gasteiger partial charge is 0.316 e. The maximum absolute atomic E-state index is 4.62. The summed E-state index contributed by atoms with van der Waals surface area (Å²) in [6.07, 6.45) is 3.78. The minimum Gasteiger partial charge on any atom is -0.316 e. The second-order valence-electron chi connectivity index (χ2n) is 5.55. The van der Waals surface area contributed by atoms with Crippen molar-refractivity contribution in [2.45, 2.75) is 27.3 Å². The first-order chi connectivity index (χ1) is 10.1. The fraction of sp³-hybridized carbons (Fsp3) is 0.294. The summed E-state index contributed by atoms with van der Waals surface area (Å²) >= 11 is 0. The van der Waals surface area contributed by atoms with Crippen molar-refractivity contribution in [1.82, 2.24) is 19.9 Å². The van der Waals surface area contributed by atoms with E-state index in [0.717, 1.165) is 29.0 Å². The molecule has 0 saturated carbocycles. The van der Waals surface area contributed by atoms with Crippen LogP contribution in [0.5, 0.6) is 0 Å². The van der Waals surface area contributed by atoms with Crippen LogP contribution in [0.2, 0.25) is 0 Å². The van der Waals surface area contributed by atoms with Crippen molar-refractivity contribution >= 4 is 11.0 Å². The zero-order chi connectivity index (χ0) is 15.0. The highest BCUT2D eigenvalue weighted by molar-refractivity contribution is 5.79. The number of hydrogen-bond acceptors (Lipinski definition) is 3. The maximum atomic E-state index is 4.62. The van der Waals surface area contributed by atoms with Crippen LogP contribution in [0.4, 0.5) is 0 Å². The van der Waals surface area contributed by atoms with Gasteiger partial charge in [-0.15, -0.1) is 0 Å². The second kappa shape index (κ2) is 5.30. The molecule has 0 atom stereocenters. The molecule has 2 aromatic heterocycles. The smallest absolute Gasteiger partial charge is 0.141 e. The van der Waals surface area contributed by atoms with Gasteiger partial charge in [0.25, 0.3) is 0 Å². The number of benzene rings is 1. The predicted octanol–water partition coefficient (Wildman–Crippen LogP) is 3.07. The molecule has 0 bridgehead atoms. The number of rotatable bonds is 3. The molecule has 0 amide bonds. The van der Waals surface area contributed by atoms with E-state index in [9.17, 15) is 0 Å². The lowest BCUT2D eigenvalue weighted by atomic mass is 10.1. The molecule has 2 heterocycles. The van der Waals surface area contributed by atoms with Gasteiger partial charge in [0.05, 0.1) is 11.0 Å². The van der Waals surface area contributed by atoms with Crippen molar-refractivity contribution in [1.29, 1.82) is 0 Å². The van der Waals surface area contributed by atoms with Gasteiger partial charge in [-0.2, -0.15) is 0 Å². The fourth-order valence-corrected chi connectivity index (χ4v) is 2.61. The number of fused-ring (bicyclic) bond motifs is 1. The first-order valence-corrected chi connectivity index (χ1v) is 7.15. The highest BCUT2D eigenvalue weighted by Crippen LogP contribution is 2.22. The minimum atomic E-state index is 0.830. The molecule has 4 heteroatoms. The number of hydrogen-bond donors (Lipinski definition) is 1. The third-order valence-corrected chi connectivity index (χ3v) is 3.88. The molecule has 21 heavy (non-hydrogen) atoms. The molecule has 4 nitrogen and oxygen atoms in total. The van der Waals surface area contributed by atoms with E-state index in [1.807, 2.05) is 19.6 Å². The Morgan fingerprint density at radius 2 is 1.76 bits per heavy atom. The summed E-state index contributed by atoms with van der Waals surface area (Å²) in [5, 5.41) is 3.15. The van der Waals surface area contributed by atoms with Crippen LogP contribution in [0.1, 0.15) is 22.3 Å². The molecule has 108 valence electrons. The lowest BCUT2D eigenvalue weighted by molar-refractivity contribution is 0.809. The van der Waals surface area contributed by atoms with Crippen LogP contribution in [-0.2, 0) is 6.54 Å². The van der Waals surface area contributed by atoms with Crippen molar-refractivity contribution in [3.05, 3.63) is 53.0 Å². The van der Waals surface area contributed by atoms with Crippen molar-refractivity contribution < 1.29 is 0 Å². The average molecular weight is 280 g/mol. The van der Waals surface area contributed by atoms with E-state index in [-0.39, 0.29) is 0 Å². The highest BCUT2D eigenvalue weighted by atomic mass is 15.1. The third-order valence-electron chi connectivity index (χ3n) is 3.88. The molecule has 0 radical (unpaired) electrons. The SMILES string of the molecule is CNCc1cnc(-n2cnc3cc(C)c(C)cc32)c(C)c1. The lowest BCUT2D eigenvalue weighted by Gasteiger charge is -2.10. The van der Waals surface area contributed by atoms with Gasteiger partial charge < -0.3 is 5.32 Å². The van der Waals surface area contributed by atoms with Crippen LogP contribution in [0.3, 0.4) is 0 Å². The van der Waals surface area contributed by atoms with Gasteiger partial charge in [0, 0.05) is 12.7 Å². The number of nitrogens with one attached hydrogen (secondary N) is 1. The Kier molecular flexibility index (Phi) is 3.47. The van der Waals surface area contributed by atoms with E-state index in [4.69, 9.17) is 0 Å². The fourth-order valence-electron chi connectivity index (χ4n) is 2.61. The van der Waals surface area contributed by atoms with E-state index in [0.29, 0.717) is 0 Å². The van der Waals surface area contributed by atoms with Crippen LogP contribution in [0, 0.1) is 20.8 Å². The standard InChI is InChI=1S/C17H20N4/c1-11-6-15-16(7-12(11)2)21(10-20-15)17-13(3)5-14(8-18-4)9-19-17/h5-7,9-10,18H,8H2,1-4H3. The summed E-state index contributed by atoms with van der Waals surface area (Å²) in [5.74, 6) is 0.945. The van der Waals surface area contributed by atoms with Gasteiger partial charge in [-0.05, 0) is 68.3 Å². The van der Waals surface area contributed by atoms with Crippen LogP contribution >= 0.6 is 0 Å². The molecular formula is C17H20N4. The van der Waals surface area contributed by atoms with Crippen LogP contribution in [0.15, 0.2) is 30.7 Å². The Morgan fingerprint density at radius 3 is 2.48 bits per heavy atom. The van der Waals surface area contributed by atoms with E-state index in [2.05, 4.69) is 58.8 Å². The van der Waals surface area contributed by atoms with Gasteiger partial charge in [0.1, 0.15) is 12.1 Å². The lowest BCUT2D eigenvalue weighted by Crippen LogP contribution is -2.07. The Labute approximate surface area is 124 Å². The molecule has 0 spiro atoms. The molecule has 1 N–H and O–H groups in total. The number of aromatic nitrogens is 3. The topological polar surface area (TPSA) is 42.7 Å². The Balaban J connectivity index is 2.14. The molecular weight excluding hydrogens is 260 g/mol. The predicted molar refractivity (Wildman–Crippen MR) is 85.8 cm³/mol. The summed E-state index contributed by atoms with van der Waals surface area (Å²) < 4.78 is 2.07. The third kappa shape index (κ3) is 2.43. The quantitative estimate of drug-likeness (QED) is 0.802. The Hall–Kier alpha value is -2.20. The van der Waals surface area contributed by atoms with Crippen molar-refractivity contribution in [2.75, 3.05) is 7.05 Å². The summed E-state index contributed by atoms with van der Waals surface area (Å²) in [7, 11) is 1.94. The van der Waals surface area contributed by atoms with Gasteiger partial charge in [-0.25, -0.2) is 9.97 Å². The van der Waals surface area contributed by atoms with Crippen LogP contribution in [-0.4, -0.2) is 21.6 Å². The Bertz CT molecular complexity index is 802. The zero-order valence-corrected chi connectivity index (χ0v) is 12.9. The van der Waals surface area contributed by atoms with Gasteiger partial charge in [-0.1, -0.05) is 0 Å². The van der Waals surface area contributed by atoms with Gasteiger partial charge >= 0.3 is 0 Å².